The van der Waals surface area contributed by atoms with Crippen molar-refractivity contribution < 1.29 is 4.79 Å². The van der Waals surface area contributed by atoms with Crippen LogP contribution in [0.2, 0.25) is 5.02 Å². The molecule has 1 aromatic heterocycles. The zero-order valence-corrected chi connectivity index (χ0v) is 18.5. The summed E-state index contributed by atoms with van der Waals surface area (Å²) in [6, 6.07) is 7.64. The molecule has 160 valence electrons. The van der Waals surface area contributed by atoms with Crippen LogP contribution in [-0.4, -0.2) is 60.0 Å². The van der Waals surface area contributed by atoms with E-state index in [9.17, 15) is 4.79 Å². The lowest BCUT2D eigenvalue weighted by molar-refractivity contribution is -0.133. The Morgan fingerprint density at radius 1 is 1.20 bits per heavy atom. The minimum atomic E-state index is -0.197. The van der Waals surface area contributed by atoms with E-state index in [1.165, 1.54) is 11.3 Å². The predicted molar refractivity (Wildman–Crippen MR) is 120 cm³/mol. The number of anilines is 1. The molecule has 0 bridgehead atoms. The number of nitrogens with zero attached hydrogens (tertiary/aromatic N) is 4. The molecule has 1 fully saturated rings. The van der Waals surface area contributed by atoms with Gasteiger partial charge in [0.25, 0.3) is 0 Å². The molecule has 6 nitrogen and oxygen atoms in total. The van der Waals surface area contributed by atoms with Crippen molar-refractivity contribution in [1.82, 2.24) is 20.2 Å². The molecule has 0 spiro atoms. The molecule has 2 atom stereocenters. The molecule has 1 aliphatic heterocycles. The van der Waals surface area contributed by atoms with Crippen LogP contribution in [0.1, 0.15) is 48.9 Å². The number of carbonyl (C=O) groups is 1. The van der Waals surface area contributed by atoms with Crippen LogP contribution >= 0.6 is 11.6 Å². The van der Waals surface area contributed by atoms with Gasteiger partial charge in [-0.05, 0) is 43.0 Å². The molecule has 1 aliphatic carbocycles. The third-order valence-corrected chi connectivity index (χ3v) is 6.56. The first kappa shape index (κ1) is 21.1. The van der Waals surface area contributed by atoms with Crippen molar-refractivity contribution >= 4 is 23.3 Å². The van der Waals surface area contributed by atoms with Crippen molar-refractivity contribution in [3.63, 3.8) is 0 Å². The highest BCUT2D eigenvalue weighted by Crippen LogP contribution is 2.37. The summed E-state index contributed by atoms with van der Waals surface area (Å²) in [6.45, 7) is 8.81. The second-order valence-electron chi connectivity index (χ2n) is 8.22. The Morgan fingerprint density at radius 2 is 1.93 bits per heavy atom. The van der Waals surface area contributed by atoms with Crippen molar-refractivity contribution in [2.45, 2.75) is 38.5 Å². The summed E-state index contributed by atoms with van der Waals surface area (Å²) in [5, 5.41) is 4.03. The Kier molecular flexibility index (Phi) is 6.54. The first-order valence-electron chi connectivity index (χ1n) is 10.9. The molecule has 7 heteroatoms. The van der Waals surface area contributed by atoms with Crippen LogP contribution < -0.4 is 10.2 Å². The fourth-order valence-corrected chi connectivity index (χ4v) is 4.69. The van der Waals surface area contributed by atoms with Gasteiger partial charge < -0.3 is 15.1 Å². The summed E-state index contributed by atoms with van der Waals surface area (Å²) in [5.74, 6) is 1.56. The van der Waals surface area contributed by atoms with Gasteiger partial charge in [-0.25, -0.2) is 9.97 Å². The average Bonchev–Trinajstić information content (AvgIpc) is 3.16. The quantitative estimate of drug-likeness (QED) is 0.766. The summed E-state index contributed by atoms with van der Waals surface area (Å²) in [5.41, 5.74) is 3.51. The zero-order valence-electron chi connectivity index (χ0n) is 17.8. The molecule has 2 aromatic rings. The number of hydrogen-bond donors (Lipinski definition) is 1. The molecule has 1 amide bonds. The smallest absolute Gasteiger partial charge is 0.231 e. The van der Waals surface area contributed by atoms with Gasteiger partial charge in [-0.1, -0.05) is 37.6 Å². The lowest BCUT2D eigenvalue weighted by Crippen LogP contribution is -2.51. The first-order valence-corrected chi connectivity index (χ1v) is 11.3. The van der Waals surface area contributed by atoms with Gasteiger partial charge in [0.05, 0.1) is 5.92 Å². The van der Waals surface area contributed by atoms with Crippen molar-refractivity contribution in [1.29, 1.82) is 0 Å². The van der Waals surface area contributed by atoms with Gasteiger partial charge >= 0.3 is 0 Å². The number of benzene rings is 1. The molecule has 4 rings (SSSR count). The minimum Gasteiger partial charge on any atom is -0.353 e. The molecule has 2 heterocycles. The average molecular weight is 428 g/mol. The second kappa shape index (κ2) is 9.31. The number of rotatable bonds is 6. The Balaban J connectivity index is 1.45. The minimum absolute atomic E-state index is 0.180. The number of piperazine rings is 1. The predicted octanol–water partition coefficient (Wildman–Crippen LogP) is 3.22. The van der Waals surface area contributed by atoms with Crippen LogP contribution in [0.4, 0.5) is 5.82 Å². The van der Waals surface area contributed by atoms with E-state index in [4.69, 9.17) is 11.6 Å². The monoisotopic (exact) mass is 427 g/mol. The second-order valence-corrected chi connectivity index (χ2v) is 8.66. The fraction of sp³-hybridized carbons (Fsp3) is 0.522. The number of amides is 1. The summed E-state index contributed by atoms with van der Waals surface area (Å²) in [4.78, 5) is 26.8. The number of aryl methyl sites for hydroxylation is 1. The van der Waals surface area contributed by atoms with Crippen LogP contribution in [0, 0.1) is 0 Å². The molecular formula is C23H30ClN5O. The highest BCUT2D eigenvalue weighted by atomic mass is 35.5. The zero-order chi connectivity index (χ0) is 21.1. The van der Waals surface area contributed by atoms with E-state index in [1.54, 1.807) is 6.33 Å². The number of fused-ring (bicyclic) bond motifs is 1. The molecule has 1 saturated heterocycles. The van der Waals surface area contributed by atoms with Crippen LogP contribution in [0.25, 0.3) is 0 Å². The van der Waals surface area contributed by atoms with Crippen molar-refractivity contribution in [3.8, 4) is 0 Å². The van der Waals surface area contributed by atoms with E-state index >= 15 is 0 Å². The number of aromatic nitrogens is 2. The van der Waals surface area contributed by atoms with Gasteiger partial charge in [-0.15, -0.1) is 0 Å². The highest BCUT2D eigenvalue weighted by molar-refractivity contribution is 6.30. The maximum Gasteiger partial charge on any atom is 0.231 e. The maximum atomic E-state index is 13.4. The molecule has 0 saturated carbocycles. The number of nitrogens with one attached hydrogen (secondary N) is 1. The Bertz CT molecular complexity index is 880. The van der Waals surface area contributed by atoms with E-state index in [0.717, 1.165) is 43.9 Å². The number of carbonyl (C=O) groups excluding carboxylic acids is 1. The molecule has 30 heavy (non-hydrogen) atoms. The van der Waals surface area contributed by atoms with E-state index in [-0.39, 0.29) is 11.8 Å². The highest BCUT2D eigenvalue weighted by Gasteiger charge is 2.31. The molecule has 2 aliphatic rings. The third kappa shape index (κ3) is 4.30. The number of halogens is 1. The fourth-order valence-electron chi connectivity index (χ4n) is 4.57. The standard InChI is InChI=1S/C23H30ClN5O/c1-3-25-14-19(17-5-7-18(24)8-6-17)23(30)29-12-10-28(11-13-29)22-21-16(2)4-9-20(21)26-15-27-22/h5-8,15-16,19,25H,3-4,9-14H2,1-2H3/t16-,19-/m1/s1. The SMILES string of the molecule is CCNC[C@@H](C(=O)N1CCN(c2ncnc3c2[C@H](C)CC3)CC1)c1ccc(Cl)cc1. The summed E-state index contributed by atoms with van der Waals surface area (Å²) in [7, 11) is 0. The molecule has 1 aromatic carbocycles. The van der Waals surface area contributed by atoms with Crippen LogP contribution in [0.3, 0.4) is 0 Å². The van der Waals surface area contributed by atoms with Gasteiger partial charge in [0.2, 0.25) is 5.91 Å². The molecule has 1 N–H and O–H groups in total. The van der Waals surface area contributed by atoms with E-state index in [1.807, 2.05) is 29.2 Å². The Hall–Kier alpha value is -2.18. The van der Waals surface area contributed by atoms with E-state index < -0.39 is 0 Å². The van der Waals surface area contributed by atoms with Gasteiger partial charge in [-0.2, -0.15) is 0 Å². The molecule has 0 radical (unpaired) electrons. The lowest BCUT2D eigenvalue weighted by Gasteiger charge is -2.38. The summed E-state index contributed by atoms with van der Waals surface area (Å²) in [6.07, 6.45) is 3.88. The first-order chi connectivity index (χ1) is 14.6. The summed E-state index contributed by atoms with van der Waals surface area (Å²) < 4.78 is 0. The largest absolute Gasteiger partial charge is 0.353 e. The third-order valence-electron chi connectivity index (χ3n) is 6.31. The number of likely N-dealkylation sites (N-methyl/N-ethyl adjacent to an activating group) is 1. The Labute approximate surface area is 183 Å². The van der Waals surface area contributed by atoms with Crippen molar-refractivity contribution in [2.75, 3.05) is 44.2 Å². The van der Waals surface area contributed by atoms with E-state index in [2.05, 4.69) is 34.0 Å². The number of hydrogen-bond acceptors (Lipinski definition) is 5. The lowest BCUT2D eigenvalue weighted by atomic mass is 9.97. The van der Waals surface area contributed by atoms with Crippen LogP contribution in [0.15, 0.2) is 30.6 Å². The topological polar surface area (TPSA) is 61.4 Å². The van der Waals surface area contributed by atoms with Crippen LogP contribution in [-0.2, 0) is 11.2 Å². The van der Waals surface area contributed by atoms with Crippen molar-refractivity contribution in [3.05, 3.63) is 52.4 Å². The van der Waals surface area contributed by atoms with E-state index in [0.29, 0.717) is 30.6 Å². The molecular weight excluding hydrogens is 398 g/mol. The maximum absolute atomic E-state index is 13.4. The summed E-state index contributed by atoms with van der Waals surface area (Å²) >= 11 is 6.05. The van der Waals surface area contributed by atoms with Crippen molar-refractivity contribution in [2.24, 2.45) is 0 Å². The van der Waals surface area contributed by atoms with Gasteiger partial charge in [0, 0.05) is 49.0 Å². The van der Waals surface area contributed by atoms with Crippen LogP contribution in [0.5, 0.6) is 0 Å². The van der Waals surface area contributed by atoms with Gasteiger partial charge in [0.15, 0.2) is 0 Å². The normalized spacial score (nSPS) is 19.6. The van der Waals surface area contributed by atoms with Gasteiger partial charge in [-0.3, -0.25) is 4.79 Å². The molecule has 0 unspecified atom stereocenters. The Morgan fingerprint density at radius 3 is 2.63 bits per heavy atom. The van der Waals surface area contributed by atoms with Gasteiger partial charge in [0.1, 0.15) is 12.1 Å².